The first kappa shape index (κ1) is 88.9. The number of hydrogen-bond donors (Lipinski definition) is 3. The predicted molar refractivity (Wildman–Crippen MR) is 580 cm³/mol. The van der Waals surface area contributed by atoms with E-state index in [9.17, 15) is 0 Å². The highest BCUT2D eigenvalue weighted by atomic mass is 79.9. The van der Waals surface area contributed by atoms with Gasteiger partial charge in [-0.05, 0) is 259 Å². The number of anilines is 12. The summed E-state index contributed by atoms with van der Waals surface area (Å²) in [4.78, 5) is 9.49. The molecule has 0 unspecified atom stereocenters. The Bertz CT molecular complexity index is 6260. The van der Waals surface area contributed by atoms with Gasteiger partial charge in [0.05, 0.1) is 33.4 Å². The highest BCUT2D eigenvalue weighted by molar-refractivity contribution is 9.09. The van der Waals surface area contributed by atoms with Crippen molar-refractivity contribution in [2.45, 2.75) is 116 Å². The fourth-order valence-corrected chi connectivity index (χ4v) is 20.4. The van der Waals surface area contributed by atoms with Crippen LogP contribution in [0.25, 0.3) is 98.1 Å². The second-order valence-electron chi connectivity index (χ2n) is 34.3. The van der Waals surface area contributed by atoms with Gasteiger partial charge in [0, 0.05) is 117 Å². The van der Waals surface area contributed by atoms with Crippen LogP contribution in [0.3, 0.4) is 0 Å². The molecule has 0 saturated heterocycles. The van der Waals surface area contributed by atoms with Gasteiger partial charge in [-0.2, -0.15) is 12.6 Å². The SMILES string of the molecule is BrCCCCCCCCCCc1c2ccccc2c(-n2c3ccc(N(c4ccccc4)c4ccccc4)cc3c3cc(N(c4ccccc4)c4ccccc4)ccc32)c2ccccc12.NC(N)=S.SCCCCCCCCCCc1c2ccccc2c(-n2c3ccc(N(c4ccccc4)c4ccccc4)cc3c3cc(N(c4ccccc4)c4ccccc4)ccc32)c2ccccc12. The Hall–Kier alpha value is -13.7. The molecule has 2 heterocycles. The average Bonchev–Trinajstić information content (AvgIpc) is 1.55. The van der Waals surface area contributed by atoms with E-state index in [1.165, 1.54) is 212 Å². The van der Waals surface area contributed by atoms with Gasteiger partial charge < -0.3 is 40.2 Å². The largest absolute Gasteiger partial charge is 0.377 e. The zero-order chi connectivity index (χ0) is 89.7. The fraction of sp³-hybridized carbons (Fsp3) is 0.165. The van der Waals surface area contributed by atoms with Crippen molar-refractivity contribution in [3.63, 3.8) is 0 Å². The van der Waals surface area contributed by atoms with E-state index >= 15 is 0 Å². The van der Waals surface area contributed by atoms with Crippen molar-refractivity contribution in [2.75, 3.05) is 30.7 Å². The summed E-state index contributed by atoms with van der Waals surface area (Å²) in [6, 6.07) is 151. The molecule has 2 aromatic heterocycles. The van der Waals surface area contributed by atoms with Crippen LogP contribution in [-0.4, -0.2) is 25.3 Å². The molecule has 0 amide bonds. The third-order valence-corrected chi connectivity index (χ3v) is 26.6. The molecule has 0 saturated carbocycles. The van der Waals surface area contributed by atoms with Crippen molar-refractivity contribution >= 4 is 201 Å². The summed E-state index contributed by atoms with van der Waals surface area (Å²) in [5, 5.41) is 16.5. The van der Waals surface area contributed by atoms with Gasteiger partial charge in [-0.1, -0.05) is 336 Å². The molecule has 4 N–H and O–H groups in total. The van der Waals surface area contributed by atoms with Gasteiger partial charge in [0.15, 0.2) is 5.11 Å². The highest BCUT2D eigenvalue weighted by Crippen LogP contribution is 2.50. The minimum atomic E-state index is 0.000000000000000222. The van der Waals surface area contributed by atoms with Gasteiger partial charge in [0.1, 0.15) is 0 Å². The van der Waals surface area contributed by atoms with E-state index in [-0.39, 0.29) is 5.11 Å². The van der Waals surface area contributed by atoms with E-state index in [1.807, 2.05) is 0 Å². The van der Waals surface area contributed by atoms with Crippen molar-refractivity contribution < 1.29 is 0 Å². The maximum absolute atomic E-state index is 4.62. The van der Waals surface area contributed by atoms with Crippen LogP contribution in [0, 0.1) is 0 Å². The smallest absolute Gasteiger partial charge is 0.160 e. The number of para-hydroxylation sites is 8. The summed E-state index contributed by atoms with van der Waals surface area (Å²) < 4.78 is 5.12. The van der Waals surface area contributed by atoms with Gasteiger partial charge in [-0.3, -0.25) is 0 Å². The lowest BCUT2D eigenvalue weighted by molar-refractivity contribution is 0.577. The third-order valence-electron chi connectivity index (χ3n) is 25.7. The molecule has 20 rings (SSSR count). The molecule has 0 aliphatic heterocycles. The Morgan fingerprint density at radius 3 is 0.606 bits per heavy atom. The molecule has 11 heteroatoms. The zero-order valence-corrected chi connectivity index (χ0v) is 78.3. The number of aryl methyl sites for hydroxylation is 2. The number of nitrogens with zero attached hydrogens (tertiary/aromatic N) is 6. The fourth-order valence-electron chi connectivity index (χ4n) is 19.8. The van der Waals surface area contributed by atoms with Crippen molar-refractivity contribution in [1.29, 1.82) is 0 Å². The van der Waals surface area contributed by atoms with Crippen LogP contribution < -0.4 is 31.1 Å². The molecule has 0 atom stereocenters. The third kappa shape index (κ3) is 19.7. The molecule has 0 radical (unpaired) electrons. The van der Waals surface area contributed by atoms with E-state index in [0.29, 0.717) is 0 Å². The number of fused-ring (bicyclic) bond motifs is 10. The topological polar surface area (TPSA) is 74.9 Å². The van der Waals surface area contributed by atoms with E-state index in [2.05, 4.69) is 493 Å². The van der Waals surface area contributed by atoms with Gasteiger partial charge in [0.25, 0.3) is 0 Å². The number of unbranched alkanes of at least 4 members (excludes halogenated alkanes) is 14. The monoisotopic (exact) mass is 1820 g/mol. The van der Waals surface area contributed by atoms with Crippen molar-refractivity contribution in [1.82, 2.24) is 9.13 Å². The number of thiol groups is 1. The second kappa shape index (κ2) is 43.4. The first-order valence-corrected chi connectivity index (χ1v) is 49.3. The number of thiocarbonyl (C=S) groups is 1. The normalized spacial score (nSPS) is 11.3. The first-order valence-electron chi connectivity index (χ1n) is 47.1. The van der Waals surface area contributed by atoms with Crippen molar-refractivity contribution in [3.8, 4) is 11.4 Å². The van der Waals surface area contributed by atoms with Crippen LogP contribution in [0.2, 0.25) is 0 Å². The van der Waals surface area contributed by atoms with Crippen LogP contribution in [0.15, 0.2) is 413 Å². The van der Waals surface area contributed by atoms with Gasteiger partial charge in [-0.25, -0.2) is 0 Å². The van der Waals surface area contributed by atoms with Crippen molar-refractivity contribution in [2.24, 2.45) is 11.5 Å². The highest BCUT2D eigenvalue weighted by Gasteiger charge is 2.27. The standard InChI is InChI=1S/C60H54BrN3.C60H55N3S.CH4N2S/c61-42-24-6-4-2-1-3-5-19-33-51-52-34-20-22-36-54(52)60(55-37-23-21-35-53(51)55)64-58-40-38-49(62(45-25-11-7-12-26-45)46-27-13-8-14-28-46)43-56(58)57-44-50(39-41-59(57)64)63(47-29-15-9-16-30-47)48-31-17-10-18-32-48;64-42-24-6-4-2-1-3-5-19-33-51-52-34-20-22-36-54(52)60(55-37-23-21-35-53(51)55)63-58-40-38-49(61(45-25-11-7-12-26-45)46-27-13-8-14-28-46)43-56(58)57-44-50(39-41-59(57)63)62(47-29-15-9-16-30-47)48-31-17-10-18-32-48;2-1(3)4/h7-18,20-23,25-32,34-41,43-44H,1-6,19,24,33,42H2;7-18,20-23,25-32,34-41,43-44,64H,1-6,19,24,33,42H2;(H4,2,3,4). The number of hydrogen-bond acceptors (Lipinski definition) is 6. The molecule has 8 nitrogen and oxygen atoms in total. The molecule has 0 aliphatic rings. The zero-order valence-electron chi connectivity index (χ0n) is 75.0. The Kier molecular flexibility index (Phi) is 29.2. The predicted octanol–water partition coefficient (Wildman–Crippen LogP) is 34.9. The maximum atomic E-state index is 4.62. The molecule has 20 aromatic rings. The number of alkyl halides is 1. The summed E-state index contributed by atoms with van der Waals surface area (Å²) in [5.74, 6) is 1.00. The van der Waals surface area contributed by atoms with E-state index in [4.69, 9.17) is 0 Å². The van der Waals surface area contributed by atoms with Crippen LogP contribution in [0.5, 0.6) is 0 Å². The van der Waals surface area contributed by atoms with Gasteiger partial charge in [-0.15, -0.1) is 0 Å². The number of benzene rings is 18. The molecule has 0 fully saturated rings. The lowest BCUT2D eigenvalue weighted by Gasteiger charge is -2.26. The number of aromatic nitrogens is 2. The molecule has 0 bridgehead atoms. The molecular formula is C121H113BrN8S2. The molecule has 0 aliphatic carbocycles. The Morgan fingerprint density at radius 2 is 0.402 bits per heavy atom. The summed E-state index contributed by atoms with van der Waals surface area (Å²) >= 11 is 12.1. The Morgan fingerprint density at radius 1 is 0.220 bits per heavy atom. The summed E-state index contributed by atoms with van der Waals surface area (Å²) in [7, 11) is 0. The molecular weight excluding hydrogens is 1710 g/mol. The number of halogens is 1. The maximum Gasteiger partial charge on any atom is 0.160 e. The summed E-state index contributed by atoms with van der Waals surface area (Å²) in [6.07, 6.45) is 22.9. The van der Waals surface area contributed by atoms with Gasteiger partial charge in [0.2, 0.25) is 0 Å². The van der Waals surface area contributed by atoms with Gasteiger partial charge >= 0.3 is 0 Å². The minimum absolute atomic E-state index is 0.000000000000000222. The quantitative estimate of drug-likeness (QED) is 0.0122. The number of rotatable bonds is 34. The van der Waals surface area contributed by atoms with E-state index in [0.717, 1.165) is 92.2 Å². The van der Waals surface area contributed by atoms with E-state index < -0.39 is 0 Å². The molecule has 132 heavy (non-hydrogen) atoms. The van der Waals surface area contributed by atoms with E-state index in [1.54, 1.807) is 0 Å². The summed E-state index contributed by atoms with van der Waals surface area (Å²) in [6.45, 7) is 0. The Labute approximate surface area is 796 Å². The van der Waals surface area contributed by atoms with Crippen LogP contribution in [0.4, 0.5) is 68.2 Å². The lowest BCUT2D eigenvalue weighted by Crippen LogP contribution is -2.18. The molecule has 0 spiro atoms. The Balaban J connectivity index is 0.000000170. The molecule has 656 valence electrons. The molecule has 18 aromatic carbocycles. The van der Waals surface area contributed by atoms with Crippen LogP contribution in [0.1, 0.15) is 114 Å². The first-order chi connectivity index (χ1) is 65.3. The number of nitrogens with two attached hydrogens (primary N) is 2. The lowest BCUT2D eigenvalue weighted by atomic mass is 9.91. The average molecular weight is 1820 g/mol. The van der Waals surface area contributed by atoms with Crippen molar-refractivity contribution in [3.05, 3.63) is 424 Å². The van der Waals surface area contributed by atoms with Crippen LogP contribution in [-0.2, 0) is 12.8 Å². The second-order valence-corrected chi connectivity index (χ2v) is 36.0. The minimum Gasteiger partial charge on any atom is -0.377 e. The summed E-state index contributed by atoms with van der Waals surface area (Å²) in [5.41, 5.74) is 32.8. The van der Waals surface area contributed by atoms with Crippen LogP contribution >= 0.6 is 40.8 Å².